The summed E-state index contributed by atoms with van der Waals surface area (Å²) in [6.45, 7) is 17.5. The molecule has 10 heteroatoms. The van der Waals surface area contributed by atoms with Crippen molar-refractivity contribution in [2.24, 2.45) is 0 Å². The molecule has 37 heavy (non-hydrogen) atoms. The Bertz CT molecular complexity index is 381. The minimum absolute atomic E-state index is 0. The van der Waals surface area contributed by atoms with E-state index < -0.39 is 0 Å². The second kappa shape index (κ2) is 35.2. The van der Waals surface area contributed by atoms with Crippen molar-refractivity contribution in [1.29, 1.82) is 0 Å². The van der Waals surface area contributed by atoms with Gasteiger partial charge in [-0.1, -0.05) is 34.6 Å². The molecule has 0 bridgehead atoms. The van der Waals surface area contributed by atoms with Crippen LogP contribution in [0.2, 0.25) is 0 Å². The summed E-state index contributed by atoms with van der Waals surface area (Å²) in [7, 11) is 10.3. The van der Waals surface area contributed by atoms with Crippen LogP contribution in [-0.4, -0.2) is 111 Å². The Labute approximate surface area is 262 Å². The van der Waals surface area contributed by atoms with E-state index in [0.29, 0.717) is 12.1 Å². The maximum atomic E-state index is 9.03. The fourth-order valence-corrected chi connectivity index (χ4v) is 3.48. The average Bonchev–Trinajstić information content (AvgIpc) is 3.27. The van der Waals surface area contributed by atoms with E-state index in [1.165, 1.54) is 45.2 Å². The fraction of sp³-hybridized carbons (Fsp3) is 1.00. The molecular weight excluding hydrogens is 539 g/mol. The van der Waals surface area contributed by atoms with Gasteiger partial charge in [0.2, 0.25) is 0 Å². The minimum atomic E-state index is -0.0741. The molecule has 3 rings (SSSR count). The Kier molecular flexibility index (Phi) is 51.6. The number of rotatable bonds is 2. The fourth-order valence-electron chi connectivity index (χ4n) is 3.48. The molecule has 0 amide bonds. The Morgan fingerprint density at radius 3 is 1.27 bits per heavy atom. The lowest BCUT2D eigenvalue weighted by molar-refractivity contribution is 0.182. The van der Waals surface area contributed by atoms with Gasteiger partial charge in [-0.15, -0.1) is 0 Å². The van der Waals surface area contributed by atoms with Crippen LogP contribution in [0.5, 0.6) is 0 Å². The standard InChI is InChI=1S/C7H15N.C6H13NO.C6H13N.C4H11N.C3H9N.CH4.4H2S/c1-7-5-3-4-6-8(7)2;1-5-3-6(8)4-7(5)2;1-6-4-3-5-7(6)2;1-4(2)5-3;1-3-4-2;;;;;/h7H,3-6H2,1-2H3;5-6,8H,3-4H2,1-2H3;6H,3-5H2,1-2H3;4-5H,1-3H3;4H,3H2,1-2H3;1H4;4*1H2/t7-;5-,6-;6-;;;;;;;/m111......./s1. The van der Waals surface area contributed by atoms with Crippen LogP contribution in [-0.2, 0) is 0 Å². The number of likely N-dealkylation sites (N-methyl/N-ethyl adjacent to an activating group) is 1. The summed E-state index contributed by atoms with van der Waals surface area (Å²) in [5, 5.41) is 15.0. The lowest BCUT2D eigenvalue weighted by Gasteiger charge is -2.29. The van der Waals surface area contributed by atoms with Crippen LogP contribution in [0.3, 0.4) is 0 Å². The molecule has 3 saturated heterocycles. The van der Waals surface area contributed by atoms with Crippen molar-refractivity contribution in [3.05, 3.63) is 0 Å². The van der Waals surface area contributed by atoms with Gasteiger partial charge in [0.25, 0.3) is 0 Å². The van der Waals surface area contributed by atoms with Crippen LogP contribution in [0.1, 0.15) is 87.5 Å². The van der Waals surface area contributed by atoms with E-state index in [4.69, 9.17) is 5.11 Å². The quantitative estimate of drug-likeness (QED) is 0.425. The van der Waals surface area contributed by atoms with Gasteiger partial charge in [0, 0.05) is 30.7 Å². The normalized spacial score (nSPS) is 24.6. The third-order valence-electron chi connectivity index (χ3n) is 6.82. The van der Waals surface area contributed by atoms with E-state index >= 15 is 0 Å². The monoisotopic (exact) mass is 611 g/mol. The van der Waals surface area contributed by atoms with E-state index in [1.54, 1.807) is 0 Å². The van der Waals surface area contributed by atoms with Crippen molar-refractivity contribution >= 4 is 54.0 Å². The number of aliphatic hydroxyl groups is 1. The van der Waals surface area contributed by atoms with Gasteiger partial charge >= 0.3 is 0 Å². The third kappa shape index (κ3) is 33.3. The molecule has 0 aromatic rings. The number of likely N-dealkylation sites (tertiary alicyclic amines) is 3. The average molecular weight is 612 g/mol. The van der Waals surface area contributed by atoms with E-state index in [-0.39, 0.29) is 67.5 Å². The van der Waals surface area contributed by atoms with E-state index in [2.05, 4.69) is 81.0 Å². The molecule has 0 radical (unpaired) electrons. The summed E-state index contributed by atoms with van der Waals surface area (Å²) >= 11 is 0. The second-order valence-corrected chi connectivity index (χ2v) is 10.1. The highest BCUT2D eigenvalue weighted by Gasteiger charge is 2.23. The topological polar surface area (TPSA) is 54.0 Å². The predicted octanol–water partition coefficient (Wildman–Crippen LogP) is 4.59. The maximum absolute atomic E-state index is 9.03. The van der Waals surface area contributed by atoms with E-state index in [0.717, 1.165) is 31.6 Å². The third-order valence-corrected chi connectivity index (χ3v) is 6.82. The first-order chi connectivity index (χ1) is 15.0. The maximum Gasteiger partial charge on any atom is 0.0681 e. The molecule has 0 aromatic carbocycles. The van der Waals surface area contributed by atoms with Crippen molar-refractivity contribution in [3.8, 4) is 0 Å². The van der Waals surface area contributed by atoms with Crippen LogP contribution >= 0.6 is 54.0 Å². The molecule has 0 aromatic heterocycles. The molecule has 3 N–H and O–H groups in total. The highest BCUT2D eigenvalue weighted by molar-refractivity contribution is 7.59. The van der Waals surface area contributed by atoms with Gasteiger partial charge in [-0.3, -0.25) is 0 Å². The summed E-state index contributed by atoms with van der Waals surface area (Å²) in [6, 6.07) is 2.89. The first-order valence-corrected chi connectivity index (χ1v) is 13.1. The summed E-state index contributed by atoms with van der Waals surface area (Å²) in [4.78, 5) is 7.01. The zero-order valence-corrected chi connectivity index (χ0v) is 29.7. The summed E-state index contributed by atoms with van der Waals surface area (Å²) in [5.74, 6) is 0. The Hall–Kier alpha value is 1.16. The molecule has 0 saturated carbocycles. The van der Waals surface area contributed by atoms with Crippen molar-refractivity contribution in [1.82, 2.24) is 25.3 Å². The molecule has 3 aliphatic rings. The van der Waals surface area contributed by atoms with Gasteiger partial charge in [-0.2, -0.15) is 54.0 Å². The number of nitrogens with one attached hydrogen (secondary N) is 2. The molecule has 0 unspecified atom stereocenters. The molecular formula is C27H73N5OS4. The van der Waals surface area contributed by atoms with Crippen LogP contribution in [0.4, 0.5) is 0 Å². The number of hydrogen-bond acceptors (Lipinski definition) is 6. The summed E-state index contributed by atoms with van der Waals surface area (Å²) in [6.07, 6.45) is 7.91. The molecule has 3 fully saturated rings. The first-order valence-electron chi connectivity index (χ1n) is 13.1. The van der Waals surface area contributed by atoms with Gasteiger partial charge in [0.15, 0.2) is 0 Å². The molecule has 0 aliphatic carbocycles. The molecule has 236 valence electrons. The van der Waals surface area contributed by atoms with Crippen molar-refractivity contribution in [3.63, 3.8) is 0 Å². The smallest absolute Gasteiger partial charge is 0.0681 e. The number of piperidine rings is 1. The predicted molar refractivity (Wildman–Crippen MR) is 192 cm³/mol. The van der Waals surface area contributed by atoms with Gasteiger partial charge in [0.1, 0.15) is 0 Å². The number of aliphatic hydroxyl groups excluding tert-OH is 1. The summed E-state index contributed by atoms with van der Waals surface area (Å²) in [5.41, 5.74) is 0. The molecule has 0 spiro atoms. The largest absolute Gasteiger partial charge is 0.392 e. The lowest BCUT2D eigenvalue weighted by Crippen LogP contribution is -2.33. The van der Waals surface area contributed by atoms with Gasteiger partial charge in [0.05, 0.1) is 6.10 Å². The van der Waals surface area contributed by atoms with Crippen molar-refractivity contribution < 1.29 is 5.11 Å². The highest BCUT2D eigenvalue weighted by atomic mass is 32.1. The Morgan fingerprint density at radius 2 is 1.14 bits per heavy atom. The van der Waals surface area contributed by atoms with Crippen LogP contribution in [0.15, 0.2) is 0 Å². The first kappa shape index (κ1) is 54.3. The van der Waals surface area contributed by atoms with Gasteiger partial charge in [-0.05, 0) is 108 Å². The zero-order chi connectivity index (χ0) is 25.1. The Balaban J connectivity index is -0.0000000601. The van der Waals surface area contributed by atoms with Crippen molar-refractivity contribution in [2.45, 2.75) is 118 Å². The van der Waals surface area contributed by atoms with E-state index in [1.807, 2.05) is 21.1 Å². The Morgan fingerprint density at radius 1 is 0.757 bits per heavy atom. The van der Waals surface area contributed by atoms with Gasteiger partial charge in [-0.25, -0.2) is 0 Å². The minimum Gasteiger partial charge on any atom is -0.392 e. The SMILES string of the molecule is C.CCNC.CNC(C)C.C[C@@H]1CCCCN1C.C[C@@H]1CCCN1C.C[C@@H]1C[C@@H](O)CN1C.S.S.S.S. The van der Waals surface area contributed by atoms with Crippen LogP contribution < -0.4 is 10.6 Å². The molecule has 4 atom stereocenters. The van der Waals surface area contributed by atoms with Crippen LogP contribution in [0, 0.1) is 0 Å². The summed E-state index contributed by atoms with van der Waals surface area (Å²) < 4.78 is 0. The van der Waals surface area contributed by atoms with E-state index in [9.17, 15) is 0 Å². The number of β-amino-alcohol motifs (C(OH)–C–C–N with tert-alkyl or cyclic N) is 1. The van der Waals surface area contributed by atoms with Gasteiger partial charge < -0.3 is 30.4 Å². The van der Waals surface area contributed by atoms with Crippen molar-refractivity contribution in [2.75, 3.05) is 61.4 Å². The lowest BCUT2D eigenvalue weighted by atomic mass is 10.1. The second-order valence-electron chi connectivity index (χ2n) is 10.1. The van der Waals surface area contributed by atoms with Crippen LogP contribution in [0.25, 0.3) is 0 Å². The molecule has 6 nitrogen and oxygen atoms in total. The zero-order valence-electron chi connectivity index (χ0n) is 25.7. The number of hydrogen-bond donors (Lipinski definition) is 3. The number of nitrogens with zero attached hydrogens (tertiary/aromatic N) is 3. The molecule has 3 aliphatic heterocycles. The molecule has 3 heterocycles. The highest BCUT2D eigenvalue weighted by Crippen LogP contribution is 2.14.